The minimum absolute atomic E-state index is 0.376. The molecule has 0 aromatic carbocycles. The molecule has 2 rings (SSSR count). The molecule has 1 saturated heterocycles. The Morgan fingerprint density at radius 1 is 1.00 bits per heavy atom. The van der Waals surface area contributed by atoms with Crippen molar-refractivity contribution in [3.63, 3.8) is 0 Å². The lowest BCUT2D eigenvalue weighted by Crippen LogP contribution is -1.96. The van der Waals surface area contributed by atoms with Gasteiger partial charge in [-0.15, -0.1) is 0 Å². The molecule has 1 aliphatic heterocycles. The summed E-state index contributed by atoms with van der Waals surface area (Å²) in [4.78, 5) is 0. The third-order valence-electron chi connectivity index (χ3n) is 4.17. The molecule has 16 heavy (non-hydrogen) atoms. The minimum Gasteiger partial charge on any atom is -0.396 e. The zero-order chi connectivity index (χ0) is 11.4. The predicted octanol–water partition coefficient (Wildman–Crippen LogP) is 3.13. The fourth-order valence-electron chi connectivity index (χ4n) is 2.84. The average Bonchev–Trinajstić information content (AvgIpc) is 3.14. The highest BCUT2D eigenvalue weighted by molar-refractivity contribution is 4.90. The zero-order valence-electron chi connectivity index (χ0n) is 10.5. The molecular formula is C14H26O2. The van der Waals surface area contributed by atoms with Crippen molar-refractivity contribution >= 4 is 0 Å². The van der Waals surface area contributed by atoms with Crippen molar-refractivity contribution in [1.29, 1.82) is 0 Å². The van der Waals surface area contributed by atoms with Crippen LogP contribution in [0.1, 0.15) is 58.3 Å². The van der Waals surface area contributed by atoms with Gasteiger partial charge in [0.15, 0.2) is 0 Å². The van der Waals surface area contributed by atoms with Gasteiger partial charge in [-0.2, -0.15) is 0 Å². The number of epoxide rings is 1. The Morgan fingerprint density at radius 2 is 1.75 bits per heavy atom. The number of hydrogen-bond acceptors (Lipinski definition) is 2. The monoisotopic (exact) mass is 226 g/mol. The SMILES string of the molecule is CCCCCC1OC1CCC1CC1CCO. The number of aliphatic hydroxyl groups excluding tert-OH is 1. The summed E-state index contributed by atoms with van der Waals surface area (Å²) in [5.41, 5.74) is 0. The summed E-state index contributed by atoms with van der Waals surface area (Å²) < 4.78 is 5.69. The van der Waals surface area contributed by atoms with Crippen molar-refractivity contribution in [1.82, 2.24) is 0 Å². The Balaban J connectivity index is 1.44. The summed E-state index contributed by atoms with van der Waals surface area (Å²) in [7, 11) is 0. The van der Waals surface area contributed by atoms with E-state index in [0.29, 0.717) is 18.8 Å². The van der Waals surface area contributed by atoms with Crippen LogP contribution in [0.5, 0.6) is 0 Å². The van der Waals surface area contributed by atoms with Crippen molar-refractivity contribution in [3.8, 4) is 0 Å². The van der Waals surface area contributed by atoms with Gasteiger partial charge in [0, 0.05) is 6.61 Å². The molecule has 1 N–H and O–H groups in total. The number of aliphatic hydroxyl groups is 1. The van der Waals surface area contributed by atoms with Crippen molar-refractivity contribution in [2.75, 3.05) is 6.61 Å². The highest BCUT2D eigenvalue weighted by Gasteiger charge is 2.41. The molecular weight excluding hydrogens is 200 g/mol. The third kappa shape index (κ3) is 3.74. The Labute approximate surface area is 99.4 Å². The lowest BCUT2D eigenvalue weighted by Gasteiger charge is -1.97. The van der Waals surface area contributed by atoms with Crippen LogP contribution in [0.25, 0.3) is 0 Å². The maximum absolute atomic E-state index is 8.82. The molecule has 4 unspecified atom stereocenters. The second kappa shape index (κ2) is 6.02. The van der Waals surface area contributed by atoms with E-state index in [0.717, 1.165) is 18.3 Å². The molecule has 0 bridgehead atoms. The van der Waals surface area contributed by atoms with Crippen molar-refractivity contribution < 1.29 is 9.84 Å². The van der Waals surface area contributed by atoms with Gasteiger partial charge >= 0.3 is 0 Å². The van der Waals surface area contributed by atoms with Crippen LogP contribution in [-0.2, 0) is 4.74 Å². The molecule has 0 spiro atoms. The van der Waals surface area contributed by atoms with Crippen molar-refractivity contribution in [2.24, 2.45) is 11.8 Å². The van der Waals surface area contributed by atoms with Gasteiger partial charge in [0.2, 0.25) is 0 Å². The van der Waals surface area contributed by atoms with Gasteiger partial charge in [-0.05, 0) is 43.9 Å². The van der Waals surface area contributed by atoms with Gasteiger partial charge < -0.3 is 9.84 Å². The third-order valence-corrected chi connectivity index (χ3v) is 4.17. The van der Waals surface area contributed by atoms with E-state index < -0.39 is 0 Å². The number of hydrogen-bond donors (Lipinski definition) is 1. The first-order chi connectivity index (χ1) is 7.85. The van der Waals surface area contributed by atoms with E-state index >= 15 is 0 Å². The molecule has 0 aromatic heterocycles. The van der Waals surface area contributed by atoms with Crippen molar-refractivity contribution in [3.05, 3.63) is 0 Å². The quantitative estimate of drug-likeness (QED) is 0.484. The van der Waals surface area contributed by atoms with E-state index in [4.69, 9.17) is 9.84 Å². The van der Waals surface area contributed by atoms with Gasteiger partial charge in [-0.25, -0.2) is 0 Å². The van der Waals surface area contributed by atoms with Crippen LogP contribution in [-0.4, -0.2) is 23.9 Å². The lowest BCUT2D eigenvalue weighted by atomic mass is 10.1. The number of ether oxygens (including phenoxy) is 1. The summed E-state index contributed by atoms with van der Waals surface area (Å²) >= 11 is 0. The molecule has 1 heterocycles. The topological polar surface area (TPSA) is 32.8 Å². The Morgan fingerprint density at radius 3 is 2.50 bits per heavy atom. The molecule has 0 amide bonds. The second-order valence-corrected chi connectivity index (χ2v) is 5.55. The van der Waals surface area contributed by atoms with E-state index in [9.17, 15) is 0 Å². The summed E-state index contributed by atoms with van der Waals surface area (Å²) in [6, 6.07) is 0. The average molecular weight is 226 g/mol. The van der Waals surface area contributed by atoms with E-state index in [1.807, 2.05) is 0 Å². The fourth-order valence-corrected chi connectivity index (χ4v) is 2.84. The minimum atomic E-state index is 0.376. The molecule has 94 valence electrons. The first-order valence-corrected chi connectivity index (χ1v) is 7.11. The van der Waals surface area contributed by atoms with Crippen molar-refractivity contribution in [2.45, 2.75) is 70.5 Å². The molecule has 4 atom stereocenters. The van der Waals surface area contributed by atoms with Crippen LogP contribution in [0.3, 0.4) is 0 Å². The Bertz CT molecular complexity index is 205. The summed E-state index contributed by atoms with van der Waals surface area (Å²) in [5, 5.41) is 8.82. The largest absolute Gasteiger partial charge is 0.396 e. The lowest BCUT2D eigenvalue weighted by molar-refractivity contribution is 0.275. The molecule has 0 radical (unpaired) electrons. The van der Waals surface area contributed by atoms with Crippen LogP contribution >= 0.6 is 0 Å². The van der Waals surface area contributed by atoms with E-state index in [1.54, 1.807) is 0 Å². The van der Waals surface area contributed by atoms with Gasteiger partial charge in [-0.1, -0.05) is 26.2 Å². The van der Waals surface area contributed by atoms with Gasteiger partial charge in [0.25, 0.3) is 0 Å². The molecule has 2 aliphatic rings. The normalized spacial score (nSPS) is 36.4. The standard InChI is InChI=1S/C14H26O2/c1-2-3-4-5-13-14(16-13)7-6-11-10-12(11)8-9-15/h11-15H,2-10H2,1H3. The highest BCUT2D eigenvalue weighted by Crippen LogP contribution is 2.46. The Hall–Kier alpha value is -0.0800. The highest BCUT2D eigenvalue weighted by atomic mass is 16.6. The first kappa shape index (κ1) is 12.4. The molecule has 2 fully saturated rings. The summed E-state index contributed by atoms with van der Waals surface area (Å²) in [5.74, 6) is 1.75. The maximum atomic E-state index is 8.82. The zero-order valence-corrected chi connectivity index (χ0v) is 10.5. The number of unbranched alkanes of at least 4 members (excludes halogenated alkanes) is 2. The van der Waals surface area contributed by atoms with Crippen LogP contribution in [0.15, 0.2) is 0 Å². The molecule has 2 heteroatoms. The summed E-state index contributed by atoms with van der Waals surface area (Å²) in [6.07, 6.45) is 11.5. The fraction of sp³-hybridized carbons (Fsp3) is 1.00. The molecule has 1 saturated carbocycles. The van der Waals surface area contributed by atoms with E-state index in [-0.39, 0.29) is 0 Å². The molecule has 0 aromatic rings. The predicted molar refractivity (Wildman–Crippen MR) is 65.3 cm³/mol. The van der Waals surface area contributed by atoms with Crippen LogP contribution in [0.2, 0.25) is 0 Å². The first-order valence-electron chi connectivity index (χ1n) is 7.11. The Kier molecular flexibility index (Phi) is 4.66. The van der Waals surface area contributed by atoms with Gasteiger partial charge in [0.1, 0.15) is 0 Å². The second-order valence-electron chi connectivity index (χ2n) is 5.55. The smallest absolute Gasteiger partial charge is 0.0842 e. The van der Waals surface area contributed by atoms with Crippen LogP contribution in [0, 0.1) is 11.8 Å². The number of rotatable bonds is 9. The van der Waals surface area contributed by atoms with Gasteiger partial charge in [0.05, 0.1) is 12.2 Å². The van der Waals surface area contributed by atoms with Crippen LogP contribution in [0.4, 0.5) is 0 Å². The van der Waals surface area contributed by atoms with E-state index in [1.165, 1.54) is 44.9 Å². The maximum Gasteiger partial charge on any atom is 0.0842 e. The van der Waals surface area contributed by atoms with Crippen LogP contribution < -0.4 is 0 Å². The summed E-state index contributed by atoms with van der Waals surface area (Å²) in [6.45, 7) is 2.63. The molecule has 1 aliphatic carbocycles. The molecule has 2 nitrogen and oxygen atoms in total. The van der Waals surface area contributed by atoms with E-state index in [2.05, 4.69) is 6.92 Å². The van der Waals surface area contributed by atoms with Gasteiger partial charge in [-0.3, -0.25) is 0 Å².